The van der Waals surface area contributed by atoms with Gasteiger partial charge in [0.25, 0.3) is 11.8 Å². The molecule has 0 spiro atoms. The lowest BCUT2D eigenvalue weighted by atomic mass is 9.97. The fraction of sp³-hybridized carbons (Fsp3) is 0.360. The summed E-state index contributed by atoms with van der Waals surface area (Å²) in [4.78, 5) is 30.5. The predicted molar refractivity (Wildman–Crippen MR) is 122 cm³/mol. The maximum atomic E-state index is 13.5. The van der Waals surface area contributed by atoms with Crippen molar-refractivity contribution in [3.05, 3.63) is 70.4 Å². The number of anilines is 1. The molecule has 2 aromatic rings. The fourth-order valence-electron chi connectivity index (χ4n) is 4.15. The van der Waals surface area contributed by atoms with Crippen molar-refractivity contribution in [1.82, 2.24) is 9.80 Å². The molecule has 0 saturated carbocycles. The number of hydrogen-bond acceptors (Lipinski definition) is 5. The zero-order valence-corrected chi connectivity index (χ0v) is 18.4. The molecule has 2 aromatic carbocycles. The van der Waals surface area contributed by atoms with E-state index in [1.165, 1.54) is 4.90 Å². The number of benzene rings is 2. The van der Waals surface area contributed by atoms with E-state index in [0.717, 1.165) is 41.0 Å². The Morgan fingerprint density at radius 2 is 1.65 bits per heavy atom. The number of nitrogens with zero attached hydrogens (tertiary/aromatic N) is 2. The van der Waals surface area contributed by atoms with Crippen molar-refractivity contribution in [2.45, 2.75) is 20.8 Å². The molecule has 2 aliphatic heterocycles. The van der Waals surface area contributed by atoms with Crippen LogP contribution < -0.4 is 5.32 Å². The standard InChI is InChI=1S/C25H29N3O3/c1-17-8-9-20(19(3)16-17)22-23(26-21-7-5-4-6-18(21)2)25(30)28(24(22)29)11-10-27-12-14-31-15-13-27/h4-9,16,26H,10-15H2,1-3H3. The average Bonchev–Trinajstić information content (AvgIpc) is 2.98. The summed E-state index contributed by atoms with van der Waals surface area (Å²) in [5.74, 6) is -0.502. The van der Waals surface area contributed by atoms with Gasteiger partial charge in [0, 0.05) is 31.9 Å². The number of ether oxygens (including phenoxy) is 1. The van der Waals surface area contributed by atoms with Crippen molar-refractivity contribution >= 4 is 23.1 Å². The van der Waals surface area contributed by atoms with E-state index in [4.69, 9.17) is 4.74 Å². The van der Waals surface area contributed by atoms with E-state index in [1.54, 1.807) is 0 Å². The third-order valence-electron chi connectivity index (χ3n) is 5.97. The minimum atomic E-state index is -0.267. The van der Waals surface area contributed by atoms with Gasteiger partial charge in [-0.05, 0) is 43.5 Å². The second kappa shape index (κ2) is 9.04. The number of carbonyl (C=O) groups is 2. The molecule has 2 aliphatic rings. The Kier molecular flexibility index (Phi) is 6.20. The molecule has 6 heteroatoms. The van der Waals surface area contributed by atoms with E-state index in [2.05, 4.69) is 10.2 Å². The highest BCUT2D eigenvalue weighted by Crippen LogP contribution is 2.33. The molecule has 0 atom stereocenters. The van der Waals surface area contributed by atoms with Crippen molar-refractivity contribution < 1.29 is 14.3 Å². The van der Waals surface area contributed by atoms with Gasteiger partial charge in [-0.15, -0.1) is 0 Å². The van der Waals surface area contributed by atoms with Crippen LogP contribution in [0.2, 0.25) is 0 Å². The quantitative estimate of drug-likeness (QED) is 0.729. The number of para-hydroxylation sites is 1. The monoisotopic (exact) mass is 419 g/mol. The zero-order chi connectivity index (χ0) is 22.0. The van der Waals surface area contributed by atoms with E-state index in [0.29, 0.717) is 37.6 Å². The molecule has 1 saturated heterocycles. The third-order valence-corrected chi connectivity index (χ3v) is 5.97. The number of aryl methyl sites for hydroxylation is 3. The minimum Gasteiger partial charge on any atom is -0.379 e. The van der Waals surface area contributed by atoms with Gasteiger partial charge in [-0.25, -0.2) is 0 Å². The van der Waals surface area contributed by atoms with Crippen LogP contribution in [0.15, 0.2) is 48.2 Å². The molecule has 6 nitrogen and oxygen atoms in total. The molecule has 1 N–H and O–H groups in total. The van der Waals surface area contributed by atoms with Crippen molar-refractivity contribution in [3.8, 4) is 0 Å². The van der Waals surface area contributed by atoms with Crippen molar-refractivity contribution in [2.75, 3.05) is 44.7 Å². The number of morpholine rings is 1. The van der Waals surface area contributed by atoms with Crippen LogP contribution in [0, 0.1) is 20.8 Å². The minimum absolute atomic E-state index is 0.235. The van der Waals surface area contributed by atoms with Crippen LogP contribution in [0.25, 0.3) is 5.57 Å². The van der Waals surface area contributed by atoms with Crippen LogP contribution in [0.4, 0.5) is 5.69 Å². The molecule has 0 aromatic heterocycles. The third kappa shape index (κ3) is 4.40. The first-order valence-corrected chi connectivity index (χ1v) is 10.8. The fourth-order valence-corrected chi connectivity index (χ4v) is 4.15. The molecule has 4 rings (SSSR count). The van der Waals surface area contributed by atoms with Crippen molar-refractivity contribution in [2.24, 2.45) is 0 Å². The molecule has 0 aliphatic carbocycles. The smallest absolute Gasteiger partial charge is 0.278 e. The molecular formula is C25H29N3O3. The number of rotatable bonds is 6. The van der Waals surface area contributed by atoms with Gasteiger partial charge in [0.05, 0.1) is 18.8 Å². The van der Waals surface area contributed by atoms with Gasteiger partial charge in [0.15, 0.2) is 0 Å². The van der Waals surface area contributed by atoms with Gasteiger partial charge in [-0.3, -0.25) is 19.4 Å². The summed E-state index contributed by atoms with van der Waals surface area (Å²) in [5.41, 5.74) is 5.55. The molecular weight excluding hydrogens is 390 g/mol. The average molecular weight is 420 g/mol. The summed E-state index contributed by atoms with van der Waals surface area (Å²) in [5, 5.41) is 3.28. The maximum absolute atomic E-state index is 13.5. The number of hydrogen-bond donors (Lipinski definition) is 1. The normalized spacial score (nSPS) is 17.6. The Labute approximate surface area is 183 Å². The Morgan fingerprint density at radius 1 is 0.903 bits per heavy atom. The van der Waals surface area contributed by atoms with Crippen LogP contribution in [0.5, 0.6) is 0 Å². The lowest BCUT2D eigenvalue weighted by Crippen LogP contribution is -2.43. The molecule has 2 heterocycles. The van der Waals surface area contributed by atoms with Crippen LogP contribution >= 0.6 is 0 Å². The van der Waals surface area contributed by atoms with Gasteiger partial charge in [0.1, 0.15) is 5.70 Å². The summed E-state index contributed by atoms with van der Waals surface area (Å²) in [6, 6.07) is 13.8. The van der Waals surface area contributed by atoms with Crippen molar-refractivity contribution in [3.63, 3.8) is 0 Å². The Balaban J connectivity index is 1.67. The summed E-state index contributed by atoms with van der Waals surface area (Å²) in [7, 11) is 0. The van der Waals surface area contributed by atoms with Gasteiger partial charge in [-0.2, -0.15) is 0 Å². The zero-order valence-electron chi connectivity index (χ0n) is 18.4. The van der Waals surface area contributed by atoms with Gasteiger partial charge >= 0.3 is 0 Å². The molecule has 0 bridgehead atoms. The first-order chi connectivity index (χ1) is 15.0. The summed E-state index contributed by atoms with van der Waals surface area (Å²) < 4.78 is 5.40. The summed E-state index contributed by atoms with van der Waals surface area (Å²) in [6.45, 7) is 10.0. The SMILES string of the molecule is Cc1ccc(C2=C(Nc3ccccc3C)C(=O)N(CCN3CCOCC3)C2=O)c(C)c1. The lowest BCUT2D eigenvalue weighted by molar-refractivity contribution is -0.137. The number of amides is 2. The van der Waals surface area contributed by atoms with Gasteiger partial charge in [-0.1, -0.05) is 42.0 Å². The van der Waals surface area contributed by atoms with E-state index >= 15 is 0 Å². The first-order valence-electron chi connectivity index (χ1n) is 10.8. The molecule has 0 radical (unpaired) electrons. The van der Waals surface area contributed by atoms with Gasteiger partial charge in [0.2, 0.25) is 0 Å². The number of imide groups is 1. The molecule has 2 amide bonds. The molecule has 162 valence electrons. The highest BCUT2D eigenvalue weighted by Gasteiger charge is 2.39. The highest BCUT2D eigenvalue weighted by molar-refractivity contribution is 6.36. The van der Waals surface area contributed by atoms with Gasteiger partial charge < -0.3 is 10.1 Å². The van der Waals surface area contributed by atoms with Crippen LogP contribution in [0.3, 0.4) is 0 Å². The maximum Gasteiger partial charge on any atom is 0.278 e. The van der Waals surface area contributed by atoms with Crippen molar-refractivity contribution in [1.29, 1.82) is 0 Å². The van der Waals surface area contributed by atoms with E-state index in [-0.39, 0.29) is 11.8 Å². The van der Waals surface area contributed by atoms with Crippen LogP contribution in [-0.2, 0) is 14.3 Å². The van der Waals surface area contributed by atoms with E-state index in [1.807, 2.05) is 63.2 Å². The van der Waals surface area contributed by atoms with E-state index < -0.39 is 0 Å². The second-order valence-electron chi connectivity index (χ2n) is 8.22. The number of nitrogens with one attached hydrogen (secondary N) is 1. The molecule has 0 unspecified atom stereocenters. The second-order valence-corrected chi connectivity index (χ2v) is 8.22. The lowest BCUT2D eigenvalue weighted by Gasteiger charge is -2.28. The van der Waals surface area contributed by atoms with Crippen LogP contribution in [0.1, 0.15) is 22.3 Å². The van der Waals surface area contributed by atoms with Crippen LogP contribution in [-0.4, -0.2) is 61.0 Å². The Bertz CT molecular complexity index is 1040. The topological polar surface area (TPSA) is 61.9 Å². The molecule has 1 fully saturated rings. The summed E-state index contributed by atoms with van der Waals surface area (Å²) in [6.07, 6.45) is 0. The van der Waals surface area contributed by atoms with E-state index in [9.17, 15) is 9.59 Å². The highest BCUT2D eigenvalue weighted by atomic mass is 16.5. The first kappa shape index (κ1) is 21.3. The Morgan fingerprint density at radius 3 is 2.35 bits per heavy atom. The largest absolute Gasteiger partial charge is 0.379 e. The Hall–Kier alpha value is -2.96. The number of carbonyl (C=O) groups excluding carboxylic acids is 2. The predicted octanol–water partition coefficient (Wildman–Crippen LogP) is 3.14. The molecule has 31 heavy (non-hydrogen) atoms. The summed E-state index contributed by atoms with van der Waals surface area (Å²) >= 11 is 0.